The van der Waals surface area contributed by atoms with Gasteiger partial charge >= 0.3 is 18.1 Å². The smallest absolute Gasteiger partial charge is 0.478 e. The van der Waals surface area contributed by atoms with Crippen molar-refractivity contribution in [2.75, 3.05) is 6.54 Å². The van der Waals surface area contributed by atoms with E-state index in [1.165, 1.54) is 43.2 Å². The molecule has 4 rings (SSSR count). The summed E-state index contributed by atoms with van der Waals surface area (Å²) < 4.78 is 31.7. The van der Waals surface area contributed by atoms with Gasteiger partial charge in [-0.2, -0.15) is 13.2 Å². The topological polar surface area (TPSA) is 77.8 Å². The van der Waals surface area contributed by atoms with Gasteiger partial charge in [-0.15, -0.1) is 0 Å². The largest absolute Gasteiger partial charge is 0.490 e. The minimum Gasteiger partial charge on any atom is -0.478 e. The van der Waals surface area contributed by atoms with Crippen LogP contribution >= 0.6 is 0 Å². The number of benzene rings is 3. The first-order chi connectivity index (χ1) is 18.1. The lowest BCUT2D eigenvalue weighted by molar-refractivity contribution is -0.192. The zero-order valence-corrected chi connectivity index (χ0v) is 21.0. The van der Waals surface area contributed by atoms with Gasteiger partial charge in [-0.1, -0.05) is 86.0 Å². The average Bonchev–Trinajstić information content (AvgIpc) is 2.90. The number of carbonyl (C=O) groups is 2. The van der Waals surface area contributed by atoms with Crippen LogP contribution in [-0.4, -0.2) is 39.8 Å². The molecule has 0 bridgehead atoms. The Hall–Kier alpha value is -3.65. The van der Waals surface area contributed by atoms with Crippen molar-refractivity contribution in [2.24, 2.45) is 5.92 Å². The first-order valence-electron chi connectivity index (χ1n) is 12.6. The molecule has 3 aromatic carbocycles. The summed E-state index contributed by atoms with van der Waals surface area (Å²) in [6, 6.07) is 26.6. The number of carboxylic acids is 2. The number of hydrogen-bond acceptors (Lipinski definition) is 3. The molecule has 38 heavy (non-hydrogen) atoms. The molecule has 0 aliphatic heterocycles. The zero-order chi connectivity index (χ0) is 27.5. The summed E-state index contributed by atoms with van der Waals surface area (Å²) in [5.41, 5.74) is 5.16. The molecule has 0 radical (unpaired) electrons. The number of aromatic carboxylic acids is 1. The fourth-order valence-electron chi connectivity index (χ4n) is 4.63. The minimum absolute atomic E-state index is 0.319. The van der Waals surface area contributed by atoms with Crippen LogP contribution in [0.1, 0.15) is 53.6 Å². The molecule has 5 nitrogen and oxygen atoms in total. The summed E-state index contributed by atoms with van der Waals surface area (Å²) in [4.78, 5) is 22.6. The van der Waals surface area contributed by atoms with E-state index < -0.39 is 18.1 Å². The van der Waals surface area contributed by atoms with Crippen LogP contribution < -0.4 is 0 Å². The molecule has 1 aliphatic rings. The molecule has 0 aromatic heterocycles. The van der Waals surface area contributed by atoms with E-state index in [9.17, 15) is 18.0 Å². The summed E-state index contributed by atoms with van der Waals surface area (Å²) in [7, 11) is 0. The number of hydrogen-bond donors (Lipinski definition) is 2. The number of carboxylic acid groups (broad SMARTS) is 2. The lowest BCUT2D eigenvalue weighted by Gasteiger charge is -2.30. The van der Waals surface area contributed by atoms with Crippen molar-refractivity contribution in [1.29, 1.82) is 0 Å². The number of alkyl halides is 3. The van der Waals surface area contributed by atoms with Gasteiger partial charge in [-0.3, -0.25) is 4.90 Å². The molecule has 2 N–H and O–H groups in total. The summed E-state index contributed by atoms with van der Waals surface area (Å²) >= 11 is 0. The first-order valence-corrected chi connectivity index (χ1v) is 12.6. The van der Waals surface area contributed by atoms with Gasteiger partial charge in [0.05, 0.1) is 5.56 Å². The molecule has 3 aromatic rings. The van der Waals surface area contributed by atoms with Crippen LogP contribution in [0.25, 0.3) is 11.1 Å². The quantitative estimate of drug-likeness (QED) is 0.322. The highest BCUT2D eigenvalue weighted by molar-refractivity contribution is 5.88. The van der Waals surface area contributed by atoms with Crippen molar-refractivity contribution >= 4 is 11.9 Å². The molecule has 1 saturated carbocycles. The Morgan fingerprint density at radius 2 is 1.21 bits per heavy atom. The molecule has 202 valence electrons. The van der Waals surface area contributed by atoms with Crippen LogP contribution in [0.2, 0.25) is 0 Å². The molecule has 1 aliphatic carbocycles. The number of aliphatic carboxylic acids is 1. The molecule has 0 spiro atoms. The maximum Gasteiger partial charge on any atom is 0.490 e. The van der Waals surface area contributed by atoms with Crippen LogP contribution in [0, 0.1) is 5.92 Å². The standard InChI is InChI=1S/C28H31NO2.C2HF3O2/c30-28(31)27-17-15-26(16-18-27)25-13-11-24(12-14-25)21-29(19-22-7-3-1-4-8-22)20-23-9-5-2-6-10-23;3-2(4,5)1(6)7/h1,3-4,7-8,11-18,23H,2,5-6,9-10,19-21H2,(H,30,31);(H,6,7). The van der Waals surface area contributed by atoms with Crippen molar-refractivity contribution in [3.8, 4) is 11.1 Å². The Morgan fingerprint density at radius 1 is 0.737 bits per heavy atom. The van der Waals surface area contributed by atoms with Crippen molar-refractivity contribution in [1.82, 2.24) is 4.90 Å². The van der Waals surface area contributed by atoms with E-state index in [1.54, 1.807) is 12.1 Å². The van der Waals surface area contributed by atoms with Gasteiger partial charge in [0.1, 0.15) is 0 Å². The second kappa shape index (κ2) is 13.8. The Bertz CT molecular complexity index is 1160. The fourth-order valence-corrected chi connectivity index (χ4v) is 4.63. The van der Waals surface area contributed by atoms with E-state index in [1.807, 2.05) is 12.1 Å². The molecule has 0 amide bonds. The highest BCUT2D eigenvalue weighted by atomic mass is 19.4. The Labute approximate surface area is 220 Å². The number of halogens is 3. The maximum atomic E-state index is 11.1. The minimum atomic E-state index is -5.08. The highest BCUT2D eigenvalue weighted by Gasteiger charge is 2.38. The predicted octanol–water partition coefficient (Wildman–Crippen LogP) is 7.27. The molecule has 1 fully saturated rings. The zero-order valence-electron chi connectivity index (χ0n) is 21.0. The normalized spacial score (nSPS) is 14.0. The molecule has 0 unspecified atom stereocenters. The Morgan fingerprint density at radius 3 is 1.68 bits per heavy atom. The third-order valence-corrected chi connectivity index (χ3v) is 6.56. The van der Waals surface area contributed by atoms with E-state index in [0.29, 0.717) is 5.56 Å². The van der Waals surface area contributed by atoms with E-state index in [4.69, 9.17) is 15.0 Å². The van der Waals surface area contributed by atoms with Crippen molar-refractivity contribution in [2.45, 2.75) is 51.4 Å². The summed E-state index contributed by atoms with van der Waals surface area (Å²) in [6.45, 7) is 3.09. The predicted molar refractivity (Wildman–Crippen MR) is 140 cm³/mol. The second-order valence-electron chi connectivity index (χ2n) is 9.54. The Balaban J connectivity index is 0.000000505. The summed E-state index contributed by atoms with van der Waals surface area (Å²) in [5.74, 6) is -2.84. The molecular weight excluding hydrogens is 495 g/mol. The van der Waals surface area contributed by atoms with Crippen molar-refractivity contribution in [3.63, 3.8) is 0 Å². The van der Waals surface area contributed by atoms with Gasteiger partial charge in [0.25, 0.3) is 0 Å². The number of nitrogens with zero attached hydrogens (tertiary/aromatic N) is 1. The van der Waals surface area contributed by atoms with Gasteiger partial charge in [-0.05, 0) is 53.1 Å². The van der Waals surface area contributed by atoms with Crippen molar-refractivity contribution < 1.29 is 33.0 Å². The van der Waals surface area contributed by atoms with Crippen LogP contribution in [-0.2, 0) is 17.9 Å². The van der Waals surface area contributed by atoms with Gasteiger partial charge in [-0.25, -0.2) is 9.59 Å². The van der Waals surface area contributed by atoms with Crippen LogP contribution in [0.5, 0.6) is 0 Å². The van der Waals surface area contributed by atoms with E-state index in [0.717, 1.165) is 36.7 Å². The Kier molecular flexibility index (Phi) is 10.5. The van der Waals surface area contributed by atoms with Gasteiger partial charge in [0, 0.05) is 19.6 Å². The molecule has 0 saturated heterocycles. The van der Waals surface area contributed by atoms with E-state index in [-0.39, 0.29) is 0 Å². The lowest BCUT2D eigenvalue weighted by Crippen LogP contribution is -2.30. The third kappa shape index (κ3) is 9.34. The first kappa shape index (κ1) is 28.9. The highest BCUT2D eigenvalue weighted by Crippen LogP contribution is 2.26. The SMILES string of the molecule is O=C(O)C(F)(F)F.O=C(O)c1ccc(-c2ccc(CN(Cc3ccccc3)CC3CCCCC3)cc2)cc1. The van der Waals surface area contributed by atoms with Crippen LogP contribution in [0.4, 0.5) is 13.2 Å². The third-order valence-electron chi connectivity index (χ3n) is 6.56. The number of rotatable bonds is 8. The van der Waals surface area contributed by atoms with Gasteiger partial charge < -0.3 is 10.2 Å². The maximum absolute atomic E-state index is 11.1. The van der Waals surface area contributed by atoms with Crippen LogP contribution in [0.3, 0.4) is 0 Å². The lowest BCUT2D eigenvalue weighted by atomic mass is 9.88. The van der Waals surface area contributed by atoms with Crippen molar-refractivity contribution in [3.05, 3.63) is 95.6 Å². The second-order valence-corrected chi connectivity index (χ2v) is 9.54. The fraction of sp³-hybridized carbons (Fsp3) is 0.333. The summed E-state index contributed by atoms with van der Waals surface area (Å²) in [5, 5.41) is 16.2. The van der Waals surface area contributed by atoms with E-state index in [2.05, 4.69) is 59.5 Å². The van der Waals surface area contributed by atoms with Gasteiger partial charge in [0.15, 0.2) is 0 Å². The molecule has 0 heterocycles. The molecular formula is C30H32F3NO4. The monoisotopic (exact) mass is 527 g/mol. The average molecular weight is 528 g/mol. The van der Waals surface area contributed by atoms with Crippen LogP contribution in [0.15, 0.2) is 78.9 Å². The van der Waals surface area contributed by atoms with Gasteiger partial charge in [0.2, 0.25) is 0 Å². The molecule has 0 atom stereocenters. The van der Waals surface area contributed by atoms with E-state index >= 15 is 0 Å². The molecule has 8 heteroatoms. The summed E-state index contributed by atoms with van der Waals surface area (Å²) in [6.07, 6.45) is 1.77.